The van der Waals surface area contributed by atoms with Gasteiger partial charge in [0.05, 0.1) is 22.8 Å². The van der Waals surface area contributed by atoms with E-state index < -0.39 is 0 Å². The molecule has 150 valence electrons. The summed E-state index contributed by atoms with van der Waals surface area (Å²) in [5.41, 5.74) is 1.50. The Labute approximate surface area is 184 Å². The van der Waals surface area contributed by atoms with Crippen LogP contribution in [0.2, 0.25) is 5.02 Å². The third kappa shape index (κ3) is 3.99. The molecule has 0 fully saturated rings. The molecule has 0 spiro atoms. The fourth-order valence-corrected chi connectivity index (χ4v) is 4.34. The second kappa shape index (κ2) is 8.78. The molecule has 3 aromatic carbocycles. The van der Waals surface area contributed by atoms with Crippen molar-refractivity contribution in [2.24, 2.45) is 0 Å². The minimum absolute atomic E-state index is 0.354. The summed E-state index contributed by atoms with van der Waals surface area (Å²) in [6.45, 7) is 2.38. The molecule has 2 amide bonds. The van der Waals surface area contributed by atoms with E-state index in [1.807, 2.05) is 37.3 Å². The third-order valence-electron chi connectivity index (χ3n) is 4.52. The summed E-state index contributed by atoms with van der Waals surface area (Å²) in [7, 11) is 0. The second-order valence-corrected chi connectivity index (χ2v) is 8.02. The highest BCUT2D eigenvalue weighted by Crippen LogP contribution is 2.41. The van der Waals surface area contributed by atoms with Gasteiger partial charge in [-0.2, -0.15) is 0 Å². The van der Waals surface area contributed by atoms with Crippen molar-refractivity contribution in [3.05, 3.63) is 94.4 Å². The van der Waals surface area contributed by atoms with E-state index in [-0.39, 0.29) is 11.8 Å². The zero-order chi connectivity index (χ0) is 21.1. The molecule has 0 radical (unpaired) electrons. The van der Waals surface area contributed by atoms with Crippen LogP contribution in [-0.2, 0) is 9.59 Å². The van der Waals surface area contributed by atoms with E-state index in [0.717, 1.165) is 4.90 Å². The average molecular weight is 436 g/mol. The minimum Gasteiger partial charge on any atom is -0.494 e. The number of hydrogen-bond acceptors (Lipinski definition) is 4. The van der Waals surface area contributed by atoms with Crippen LogP contribution in [0.25, 0.3) is 5.57 Å². The van der Waals surface area contributed by atoms with E-state index in [1.54, 1.807) is 48.5 Å². The molecule has 0 atom stereocenters. The number of benzene rings is 3. The molecule has 0 aliphatic carbocycles. The first kappa shape index (κ1) is 20.3. The Bertz CT molecular complexity index is 1130. The topological polar surface area (TPSA) is 46.6 Å². The van der Waals surface area contributed by atoms with Gasteiger partial charge in [0.25, 0.3) is 11.8 Å². The van der Waals surface area contributed by atoms with Crippen molar-refractivity contribution in [1.29, 1.82) is 0 Å². The number of ether oxygens (including phenoxy) is 1. The van der Waals surface area contributed by atoms with E-state index in [4.69, 9.17) is 16.3 Å². The SMILES string of the molecule is CCOc1cccc(N2C(=O)C(Sc3ccccc3)=C(c3ccc(Cl)cc3)C2=O)c1. The summed E-state index contributed by atoms with van der Waals surface area (Å²) in [5.74, 6) is -0.116. The zero-order valence-electron chi connectivity index (χ0n) is 16.2. The number of carbonyl (C=O) groups is 2. The van der Waals surface area contributed by atoms with Gasteiger partial charge in [0.1, 0.15) is 5.75 Å². The Balaban J connectivity index is 1.79. The summed E-state index contributed by atoms with van der Waals surface area (Å²) in [6, 6.07) is 23.5. The van der Waals surface area contributed by atoms with Gasteiger partial charge in [-0.15, -0.1) is 0 Å². The van der Waals surface area contributed by atoms with E-state index >= 15 is 0 Å². The van der Waals surface area contributed by atoms with Crippen LogP contribution in [0.4, 0.5) is 5.69 Å². The molecule has 4 rings (SSSR count). The molecule has 0 saturated carbocycles. The lowest BCUT2D eigenvalue weighted by atomic mass is 10.1. The zero-order valence-corrected chi connectivity index (χ0v) is 17.7. The second-order valence-electron chi connectivity index (χ2n) is 6.50. The normalized spacial score (nSPS) is 13.9. The summed E-state index contributed by atoms with van der Waals surface area (Å²) >= 11 is 7.31. The number of anilines is 1. The summed E-state index contributed by atoms with van der Waals surface area (Å²) in [5, 5.41) is 0.564. The van der Waals surface area contributed by atoms with Crippen molar-refractivity contribution in [3.63, 3.8) is 0 Å². The molecular weight excluding hydrogens is 418 g/mol. The number of nitrogens with zero attached hydrogens (tertiary/aromatic N) is 1. The van der Waals surface area contributed by atoms with Crippen molar-refractivity contribution in [2.45, 2.75) is 11.8 Å². The standard InChI is InChI=1S/C24H18ClNO3S/c1-2-29-19-8-6-7-18(15-19)26-23(27)21(16-11-13-17(25)14-12-16)22(24(26)28)30-20-9-4-3-5-10-20/h3-15H,2H2,1H3. The summed E-state index contributed by atoms with van der Waals surface area (Å²) in [4.78, 5) is 29.3. The predicted molar refractivity (Wildman–Crippen MR) is 121 cm³/mol. The molecule has 6 heteroatoms. The minimum atomic E-state index is -0.366. The van der Waals surface area contributed by atoms with Gasteiger partial charge in [0.2, 0.25) is 0 Å². The molecule has 0 N–H and O–H groups in total. The van der Waals surface area contributed by atoms with Crippen molar-refractivity contribution < 1.29 is 14.3 Å². The number of amides is 2. The first-order valence-corrected chi connectivity index (χ1v) is 10.6. The fraction of sp³-hybridized carbons (Fsp3) is 0.0833. The molecule has 0 unspecified atom stereocenters. The van der Waals surface area contributed by atoms with Gasteiger partial charge in [0, 0.05) is 16.0 Å². The molecule has 30 heavy (non-hydrogen) atoms. The van der Waals surface area contributed by atoms with Gasteiger partial charge in [-0.25, -0.2) is 4.90 Å². The van der Waals surface area contributed by atoms with Crippen LogP contribution in [0, 0.1) is 0 Å². The first-order chi connectivity index (χ1) is 14.6. The first-order valence-electron chi connectivity index (χ1n) is 9.43. The fourth-order valence-electron chi connectivity index (χ4n) is 3.20. The predicted octanol–water partition coefficient (Wildman–Crippen LogP) is 5.82. The molecular formula is C24H18ClNO3S. The number of halogens is 1. The molecule has 1 aliphatic heterocycles. The molecule has 0 saturated heterocycles. The highest BCUT2D eigenvalue weighted by molar-refractivity contribution is 8.04. The molecule has 4 nitrogen and oxygen atoms in total. The van der Waals surface area contributed by atoms with Crippen molar-refractivity contribution in [3.8, 4) is 5.75 Å². The Morgan fingerprint density at radius 1 is 0.900 bits per heavy atom. The van der Waals surface area contributed by atoms with Crippen LogP contribution in [0.5, 0.6) is 5.75 Å². The van der Waals surface area contributed by atoms with E-state index in [0.29, 0.717) is 39.1 Å². The maximum Gasteiger partial charge on any atom is 0.272 e. The van der Waals surface area contributed by atoms with E-state index in [2.05, 4.69) is 0 Å². The number of hydrogen-bond donors (Lipinski definition) is 0. The molecule has 0 aromatic heterocycles. The number of thioether (sulfide) groups is 1. The summed E-state index contributed by atoms with van der Waals surface area (Å²) < 4.78 is 5.54. The maximum atomic E-state index is 13.4. The molecule has 0 bridgehead atoms. The van der Waals surface area contributed by atoms with Gasteiger partial charge >= 0.3 is 0 Å². The lowest BCUT2D eigenvalue weighted by Crippen LogP contribution is -2.31. The molecule has 1 aliphatic rings. The van der Waals surface area contributed by atoms with Crippen LogP contribution in [0.15, 0.2) is 88.7 Å². The molecule has 3 aromatic rings. The number of imide groups is 1. The maximum absolute atomic E-state index is 13.4. The number of rotatable bonds is 6. The van der Waals surface area contributed by atoms with Crippen LogP contribution in [0.3, 0.4) is 0 Å². The van der Waals surface area contributed by atoms with E-state index in [9.17, 15) is 9.59 Å². The van der Waals surface area contributed by atoms with Gasteiger partial charge in [-0.05, 0) is 48.9 Å². The number of carbonyl (C=O) groups excluding carboxylic acids is 2. The van der Waals surface area contributed by atoms with E-state index in [1.165, 1.54) is 16.7 Å². The largest absolute Gasteiger partial charge is 0.494 e. The van der Waals surface area contributed by atoms with Crippen molar-refractivity contribution >= 4 is 46.4 Å². The van der Waals surface area contributed by atoms with Crippen molar-refractivity contribution in [2.75, 3.05) is 11.5 Å². The van der Waals surface area contributed by atoms with Gasteiger partial charge in [-0.3, -0.25) is 9.59 Å². The van der Waals surface area contributed by atoms with Gasteiger partial charge in [-0.1, -0.05) is 59.8 Å². The highest BCUT2D eigenvalue weighted by Gasteiger charge is 2.40. The smallest absolute Gasteiger partial charge is 0.272 e. The summed E-state index contributed by atoms with van der Waals surface area (Å²) in [6.07, 6.45) is 0. The lowest BCUT2D eigenvalue weighted by molar-refractivity contribution is -0.119. The van der Waals surface area contributed by atoms with Crippen LogP contribution in [-0.4, -0.2) is 18.4 Å². The molecule has 1 heterocycles. The quantitative estimate of drug-likeness (QED) is 0.458. The van der Waals surface area contributed by atoms with Crippen LogP contribution >= 0.6 is 23.4 Å². The lowest BCUT2D eigenvalue weighted by Gasteiger charge is -2.16. The monoisotopic (exact) mass is 435 g/mol. The van der Waals surface area contributed by atoms with Gasteiger partial charge < -0.3 is 4.74 Å². The van der Waals surface area contributed by atoms with Gasteiger partial charge in [0.15, 0.2) is 0 Å². The Morgan fingerprint density at radius 2 is 1.63 bits per heavy atom. The van der Waals surface area contributed by atoms with Crippen molar-refractivity contribution in [1.82, 2.24) is 0 Å². The average Bonchev–Trinajstić information content (AvgIpc) is 2.99. The van der Waals surface area contributed by atoms with Crippen LogP contribution < -0.4 is 9.64 Å². The Hall–Kier alpha value is -3.02. The Kier molecular flexibility index (Phi) is 5.93. The third-order valence-corrected chi connectivity index (χ3v) is 5.87. The Morgan fingerprint density at radius 3 is 2.33 bits per heavy atom. The van der Waals surface area contributed by atoms with Crippen LogP contribution in [0.1, 0.15) is 12.5 Å². The highest BCUT2D eigenvalue weighted by atomic mass is 35.5.